The molecule has 0 spiro atoms. The van der Waals surface area contributed by atoms with E-state index < -0.39 is 0 Å². The van der Waals surface area contributed by atoms with Gasteiger partial charge in [0.2, 0.25) is 0 Å². The third-order valence-electron chi connectivity index (χ3n) is 3.62. The van der Waals surface area contributed by atoms with E-state index in [2.05, 4.69) is 10.3 Å². The first-order chi connectivity index (χ1) is 12.0. The number of nitrogens with zero attached hydrogens (tertiary/aromatic N) is 2. The van der Waals surface area contributed by atoms with Crippen LogP contribution in [0, 0.1) is 0 Å². The third kappa shape index (κ3) is 8.11. The lowest BCUT2D eigenvalue weighted by molar-refractivity contribution is -0.143. The largest absolute Gasteiger partial charge is 0.497 e. The molecule has 0 aliphatic heterocycles. The lowest BCUT2D eigenvalue weighted by Crippen LogP contribution is -2.39. The van der Waals surface area contributed by atoms with Gasteiger partial charge in [-0.2, -0.15) is 0 Å². The maximum Gasteiger partial charge on any atom is 0.305 e. The normalized spacial score (nSPS) is 10.6. The molecular formula is C18H30IN3O4. The van der Waals surface area contributed by atoms with E-state index in [4.69, 9.17) is 14.2 Å². The molecule has 0 aliphatic rings. The van der Waals surface area contributed by atoms with Crippen LogP contribution in [0.5, 0.6) is 11.5 Å². The van der Waals surface area contributed by atoms with E-state index in [0.717, 1.165) is 23.0 Å². The number of methoxy groups -OCH3 is 2. The molecule has 0 radical (unpaired) electrons. The van der Waals surface area contributed by atoms with Crippen molar-refractivity contribution in [1.82, 2.24) is 10.2 Å². The zero-order chi connectivity index (χ0) is 18.7. The first-order valence-electron chi connectivity index (χ1n) is 8.34. The van der Waals surface area contributed by atoms with E-state index in [0.29, 0.717) is 32.5 Å². The molecule has 1 aromatic rings. The zero-order valence-corrected chi connectivity index (χ0v) is 18.5. The van der Waals surface area contributed by atoms with Gasteiger partial charge in [-0.3, -0.25) is 9.79 Å². The Morgan fingerprint density at radius 3 is 2.58 bits per heavy atom. The van der Waals surface area contributed by atoms with Gasteiger partial charge >= 0.3 is 5.97 Å². The van der Waals surface area contributed by atoms with Gasteiger partial charge in [0.25, 0.3) is 0 Å². The Hall–Kier alpha value is -1.71. The quantitative estimate of drug-likeness (QED) is 0.193. The van der Waals surface area contributed by atoms with Crippen molar-refractivity contribution in [3.05, 3.63) is 23.8 Å². The summed E-state index contributed by atoms with van der Waals surface area (Å²) >= 11 is 0. The van der Waals surface area contributed by atoms with Crippen LogP contribution in [0.15, 0.2) is 23.2 Å². The van der Waals surface area contributed by atoms with Gasteiger partial charge in [-0.25, -0.2) is 0 Å². The molecule has 0 fully saturated rings. The van der Waals surface area contributed by atoms with Gasteiger partial charge in [0.1, 0.15) is 11.5 Å². The molecule has 0 saturated carbocycles. The van der Waals surface area contributed by atoms with Crippen LogP contribution in [0.2, 0.25) is 0 Å². The second-order valence-corrected chi connectivity index (χ2v) is 5.42. The highest BCUT2D eigenvalue weighted by Crippen LogP contribution is 2.25. The molecule has 0 unspecified atom stereocenters. The van der Waals surface area contributed by atoms with E-state index in [1.807, 2.05) is 30.1 Å². The molecule has 0 aliphatic carbocycles. The molecule has 0 aromatic heterocycles. The molecule has 1 rings (SSSR count). The summed E-state index contributed by atoms with van der Waals surface area (Å²) in [6, 6.07) is 5.74. The number of hydrogen-bond acceptors (Lipinski definition) is 5. The van der Waals surface area contributed by atoms with E-state index in [-0.39, 0.29) is 29.9 Å². The van der Waals surface area contributed by atoms with Crippen LogP contribution >= 0.6 is 24.0 Å². The first-order valence-corrected chi connectivity index (χ1v) is 8.34. The molecule has 7 nitrogen and oxygen atoms in total. The van der Waals surface area contributed by atoms with Crippen LogP contribution in [0.3, 0.4) is 0 Å². The van der Waals surface area contributed by atoms with E-state index in [1.54, 1.807) is 28.2 Å². The van der Waals surface area contributed by atoms with Crippen LogP contribution in [0.4, 0.5) is 0 Å². The minimum Gasteiger partial charge on any atom is -0.497 e. The number of ether oxygens (including phenoxy) is 3. The van der Waals surface area contributed by atoms with E-state index >= 15 is 0 Å². The maximum atomic E-state index is 11.3. The predicted octanol–water partition coefficient (Wildman–Crippen LogP) is 2.67. The molecule has 1 aromatic carbocycles. The topological polar surface area (TPSA) is 72.4 Å². The molecule has 0 atom stereocenters. The number of aliphatic imine (C=N–C) groups is 1. The van der Waals surface area contributed by atoms with Crippen molar-refractivity contribution in [3.63, 3.8) is 0 Å². The summed E-state index contributed by atoms with van der Waals surface area (Å²) in [7, 11) is 6.95. The molecular weight excluding hydrogens is 449 g/mol. The Morgan fingerprint density at radius 1 is 1.27 bits per heavy atom. The number of hydrogen-bond donors (Lipinski definition) is 1. The van der Waals surface area contributed by atoms with Crippen molar-refractivity contribution >= 4 is 35.9 Å². The Bertz CT molecular complexity index is 582. The van der Waals surface area contributed by atoms with Crippen LogP contribution in [-0.2, 0) is 16.1 Å². The van der Waals surface area contributed by atoms with Gasteiger partial charge in [0.05, 0.1) is 20.8 Å². The Balaban J connectivity index is 0.00000625. The highest BCUT2D eigenvalue weighted by atomic mass is 127. The second-order valence-electron chi connectivity index (χ2n) is 5.42. The predicted molar refractivity (Wildman–Crippen MR) is 114 cm³/mol. The van der Waals surface area contributed by atoms with Crippen molar-refractivity contribution in [1.29, 1.82) is 0 Å². The lowest BCUT2D eigenvalue weighted by Gasteiger charge is -2.23. The van der Waals surface area contributed by atoms with Crippen molar-refractivity contribution in [2.75, 3.05) is 41.5 Å². The lowest BCUT2D eigenvalue weighted by atomic mass is 10.2. The maximum absolute atomic E-state index is 11.3. The van der Waals surface area contributed by atoms with Crippen molar-refractivity contribution in [2.45, 2.75) is 26.3 Å². The third-order valence-corrected chi connectivity index (χ3v) is 3.62. The number of guanidine groups is 1. The number of benzene rings is 1. The highest BCUT2D eigenvalue weighted by molar-refractivity contribution is 14.0. The SMILES string of the molecule is CCOC(=O)CCCNC(=NC)N(C)Cc1ccc(OC)cc1OC.I. The summed E-state index contributed by atoms with van der Waals surface area (Å²) in [5, 5.41) is 3.25. The van der Waals surface area contributed by atoms with Gasteiger partial charge in [0.15, 0.2) is 5.96 Å². The Kier molecular flexibility index (Phi) is 12.6. The molecule has 26 heavy (non-hydrogen) atoms. The minimum absolute atomic E-state index is 0. The van der Waals surface area contributed by atoms with Gasteiger partial charge < -0.3 is 24.4 Å². The smallest absolute Gasteiger partial charge is 0.305 e. The first kappa shape index (κ1) is 24.3. The van der Waals surface area contributed by atoms with Crippen molar-refractivity contribution in [3.8, 4) is 11.5 Å². The average molecular weight is 479 g/mol. The van der Waals surface area contributed by atoms with Gasteiger partial charge in [-0.15, -0.1) is 24.0 Å². The molecule has 0 amide bonds. The molecule has 0 saturated heterocycles. The number of carbonyl (C=O) groups excluding carboxylic acids is 1. The van der Waals surface area contributed by atoms with Crippen LogP contribution < -0.4 is 14.8 Å². The fraction of sp³-hybridized carbons (Fsp3) is 0.556. The number of esters is 1. The highest BCUT2D eigenvalue weighted by Gasteiger charge is 2.11. The number of halogens is 1. The number of nitrogens with one attached hydrogen (secondary N) is 1. The van der Waals surface area contributed by atoms with E-state index in [9.17, 15) is 4.79 Å². The average Bonchev–Trinajstić information content (AvgIpc) is 2.62. The summed E-state index contributed by atoms with van der Waals surface area (Å²) in [6.07, 6.45) is 1.09. The monoisotopic (exact) mass is 479 g/mol. The van der Waals surface area contributed by atoms with Gasteiger partial charge in [-0.1, -0.05) is 0 Å². The number of carbonyl (C=O) groups is 1. The molecule has 8 heteroatoms. The summed E-state index contributed by atoms with van der Waals surface area (Å²) in [4.78, 5) is 17.6. The van der Waals surface area contributed by atoms with Gasteiger partial charge in [-0.05, 0) is 25.5 Å². The minimum atomic E-state index is -0.171. The van der Waals surface area contributed by atoms with Crippen LogP contribution in [0.1, 0.15) is 25.3 Å². The Labute approximate surface area is 173 Å². The molecule has 1 N–H and O–H groups in total. The summed E-state index contributed by atoms with van der Waals surface area (Å²) < 4.78 is 15.6. The summed E-state index contributed by atoms with van der Waals surface area (Å²) in [6.45, 7) is 3.50. The van der Waals surface area contributed by atoms with Crippen molar-refractivity contribution in [2.24, 2.45) is 4.99 Å². The van der Waals surface area contributed by atoms with Crippen LogP contribution in [0.25, 0.3) is 0 Å². The fourth-order valence-corrected chi connectivity index (χ4v) is 2.36. The summed E-state index contributed by atoms with van der Waals surface area (Å²) in [5.74, 6) is 2.10. The molecule has 0 bridgehead atoms. The van der Waals surface area contributed by atoms with Crippen molar-refractivity contribution < 1.29 is 19.0 Å². The standard InChI is InChI=1S/C18H29N3O4.HI/c1-6-25-17(22)8-7-11-20-18(19-2)21(3)13-14-9-10-15(23-4)12-16(14)24-5;/h9-10,12H,6-8,11,13H2,1-5H3,(H,19,20);1H. The molecule has 0 heterocycles. The zero-order valence-electron chi connectivity index (χ0n) is 16.2. The van der Waals surface area contributed by atoms with Crippen LogP contribution in [-0.4, -0.2) is 58.3 Å². The number of rotatable bonds is 9. The fourth-order valence-electron chi connectivity index (χ4n) is 2.36. The molecule has 148 valence electrons. The van der Waals surface area contributed by atoms with E-state index in [1.165, 1.54) is 0 Å². The van der Waals surface area contributed by atoms with Gasteiger partial charge in [0, 0.05) is 45.2 Å². The second kappa shape index (κ2) is 13.5. The Morgan fingerprint density at radius 2 is 2.00 bits per heavy atom. The summed E-state index contributed by atoms with van der Waals surface area (Å²) in [5.41, 5.74) is 1.03.